The summed E-state index contributed by atoms with van der Waals surface area (Å²) < 4.78 is 0. The molecule has 3 heterocycles. The summed E-state index contributed by atoms with van der Waals surface area (Å²) in [5.41, 5.74) is 0. The SMILES string of the molecule is Cc1ncc(CNC2CCN3CCCCC23)s1. The van der Waals surface area contributed by atoms with Crippen molar-refractivity contribution in [2.24, 2.45) is 0 Å². The van der Waals surface area contributed by atoms with Crippen molar-refractivity contribution in [3.8, 4) is 0 Å². The number of nitrogens with zero attached hydrogens (tertiary/aromatic N) is 2. The number of hydrogen-bond acceptors (Lipinski definition) is 4. The molecule has 2 saturated heterocycles. The van der Waals surface area contributed by atoms with Crippen LogP contribution in [0, 0.1) is 6.92 Å². The van der Waals surface area contributed by atoms with Crippen molar-refractivity contribution in [3.05, 3.63) is 16.1 Å². The molecule has 2 atom stereocenters. The molecule has 2 unspecified atom stereocenters. The van der Waals surface area contributed by atoms with Crippen molar-refractivity contribution in [2.75, 3.05) is 13.1 Å². The first-order chi connectivity index (χ1) is 8.33. The summed E-state index contributed by atoms with van der Waals surface area (Å²) in [7, 11) is 0. The largest absolute Gasteiger partial charge is 0.307 e. The van der Waals surface area contributed by atoms with Crippen molar-refractivity contribution < 1.29 is 0 Å². The Morgan fingerprint density at radius 1 is 1.41 bits per heavy atom. The van der Waals surface area contributed by atoms with Gasteiger partial charge >= 0.3 is 0 Å². The summed E-state index contributed by atoms with van der Waals surface area (Å²) in [6, 6.07) is 1.51. The van der Waals surface area contributed by atoms with E-state index in [4.69, 9.17) is 0 Å². The lowest BCUT2D eigenvalue weighted by Crippen LogP contribution is -2.44. The lowest BCUT2D eigenvalue weighted by molar-refractivity contribution is 0.180. The van der Waals surface area contributed by atoms with Crippen LogP contribution in [0.1, 0.15) is 35.6 Å². The predicted octanol–water partition coefficient (Wildman–Crippen LogP) is 2.17. The predicted molar refractivity (Wildman–Crippen MR) is 71.3 cm³/mol. The molecule has 94 valence electrons. The highest BCUT2D eigenvalue weighted by atomic mass is 32.1. The molecule has 0 spiro atoms. The third-order valence-electron chi connectivity index (χ3n) is 4.06. The molecule has 2 aliphatic heterocycles. The van der Waals surface area contributed by atoms with Gasteiger partial charge in [0.1, 0.15) is 0 Å². The summed E-state index contributed by atoms with van der Waals surface area (Å²) in [5.74, 6) is 0. The summed E-state index contributed by atoms with van der Waals surface area (Å²) >= 11 is 1.81. The van der Waals surface area contributed by atoms with Crippen molar-refractivity contribution >= 4 is 11.3 Å². The van der Waals surface area contributed by atoms with Gasteiger partial charge in [-0.3, -0.25) is 4.90 Å². The van der Waals surface area contributed by atoms with Crippen LogP contribution in [0.25, 0.3) is 0 Å². The van der Waals surface area contributed by atoms with Crippen molar-refractivity contribution in [2.45, 2.75) is 51.2 Å². The van der Waals surface area contributed by atoms with Crippen LogP contribution in [0.2, 0.25) is 0 Å². The fourth-order valence-electron chi connectivity index (χ4n) is 3.20. The van der Waals surface area contributed by atoms with Crippen molar-refractivity contribution in [1.29, 1.82) is 0 Å². The van der Waals surface area contributed by atoms with Gasteiger partial charge in [0.15, 0.2) is 0 Å². The van der Waals surface area contributed by atoms with Crippen LogP contribution in [-0.2, 0) is 6.54 Å². The standard InChI is InChI=1S/C13H21N3S/c1-10-14-8-11(17-10)9-15-12-5-7-16-6-3-2-4-13(12)16/h8,12-13,15H,2-7,9H2,1H3. The third kappa shape index (κ3) is 2.54. The van der Waals surface area contributed by atoms with Crippen molar-refractivity contribution in [1.82, 2.24) is 15.2 Å². The fourth-order valence-corrected chi connectivity index (χ4v) is 3.95. The molecule has 0 radical (unpaired) electrons. The van der Waals surface area contributed by atoms with Gasteiger partial charge < -0.3 is 5.32 Å². The van der Waals surface area contributed by atoms with Crippen LogP contribution in [0.15, 0.2) is 6.20 Å². The van der Waals surface area contributed by atoms with E-state index in [0.717, 1.165) is 12.6 Å². The van der Waals surface area contributed by atoms with Gasteiger partial charge in [-0.25, -0.2) is 4.98 Å². The maximum absolute atomic E-state index is 4.31. The first-order valence-corrected chi connectivity index (χ1v) is 7.53. The zero-order valence-electron chi connectivity index (χ0n) is 10.5. The van der Waals surface area contributed by atoms with Crippen LogP contribution in [0.3, 0.4) is 0 Å². The Hall–Kier alpha value is -0.450. The summed E-state index contributed by atoms with van der Waals surface area (Å²) in [6.07, 6.45) is 7.54. The average molecular weight is 251 g/mol. The van der Waals surface area contributed by atoms with E-state index < -0.39 is 0 Å². The van der Waals surface area contributed by atoms with Crippen LogP contribution in [0.5, 0.6) is 0 Å². The number of thiazole rings is 1. The van der Waals surface area contributed by atoms with E-state index >= 15 is 0 Å². The molecule has 0 amide bonds. The quantitative estimate of drug-likeness (QED) is 0.892. The zero-order valence-corrected chi connectivity index (χ0v) is 11.3. The second-order valence-corrected chi connectivity index (χ2v) is 6.54. The minimum Gasteiger partial charge on any atom is -0.307 e. The number of nitrogens with one attached hydrogen (secondary N) is 1. The molecule has 2 aliphatic rings. The Balaban J connectivity index is 1.55. The van der Waals surface area contributed by atoms with Crippen LogP contribution < -0.4 is 5.32 Å². The van der Waals surface area contributed by atoms with E-state index in [1.54, 1.807) is 0 Å². The van der Waals surface area contributed by atoms with E-state index in [-0.39, 0.29) is 0 Å². The van der Waals surface area contributed by atoms with E-state index in [2.05, 4.69) is 22.1 Å². The van der Waals surface area contributed by atoms with E-state index in [1.807, 2.05) is 17.5 Å². The van der Waals surface area contributed by atoms with Crippen LogP contribution in [-0.4, -0.2) is 35.1 Å². The topological polar surface area (TPSA) is 28.2 Å². The van der Waals surface area contributed by atoms with E-state index in [1.165, 1.54) is 48.7 Å². The number of piperidine rings is 1. The monoisotopic (exact) mass is 251 g/mol. The molecule has 0 saturated carbocycles. The molecule has 1 aromatic rings. The molecule has 0 aromatic carbocycles. The maximum atomic E-state index is 4.31. The smallest absolute Gasteiger partial charge is 0.0897 e. The lowest BCUT2D eigenvalue weighted by atomic mass is 9.99. The molecule has 0 bridgehead atoms. The van der Waals surface area contributed by atoms with Gasteiger partial charge in [-0.1, -0.05) is 6.42 Å². The second-order valence-electron chi connectivity index (χ2n) is 5.22. The number of hydrogen-bond donors (Lipinski definition) is 1. The van der Waals surface area contributed by atoms with Crippen LogP contribution >= 0.6 is 11.3 Å². The molecule has 3 nitrogen and oxygen atoms in total. The van der Waals surface area contributed by atoms with Gasteiger partial charge in [0, 0.05) is 36.2 Å². The molecule has 1 aromatic heterocycles. The summed E-state index contributed by atoms with van der Waals surface area (Å²) in [5, 5.41) is 4.91. The molecule has 4 heteroatoms. The molecule has 0 aliphatic carbocycles. The second kappa shape index (κ2) is 5.04. The molecular weight excluding hydrogens is 230 g/mol. The number of rotatable bonds is 3. The number of aryl methyl sites for hydroxylation is 1. The van der Waals surface area contributed by atoms with Crippen LogP contribution in [0.4, 0.5) is 0 Å². The van der Waals surface area contributed by atoms with E-state index in [9.17, 15) is 0 Å². The first-order valence-electron chi connectivity index (χ1n) is 6.71. The highest BCUT2D eigenvalue weighted by Gasteiger charge is 2.34. The Morgan fingerprint density at radius 3 is 3.18 bits per heavy atom. The van der Waals surface area contributed by atoms with Gasteiger partial charge in [0.25, 0.3) is 0 Å². The summed E-state index contributed by atoms with van der Waals surface area (Å²) in [4.78, 5) is 8.36. The first kappa shape index (κ1) is 11.6. The minimum atomic E-state index is 0.706. The van der Waals surface area contributed by atoms with Gasteiger partial charge in [-0.2, -0.15) is 0 Å². The Bertz CT molecular complexity index is 376. The average Bonchev–Trinajstić information content (AvgIpc) is 2.93. The zero-order chi connectivity index (χ0) is 11.7. The highest BCUT2D eigenvalue weighted by Crippen LogP contribution is 2.27. The molecule has 3 rings (SSSR count). The lowest BCUT2D eigenvalue weighted by Gasteiger charge is -2.32. The Labute approximate surface area is 107 Å². The fraction of sp³-hybridized carbons (Fsp3) is 0.769. The third-order valence-corrected chi connectivity index (χ3v) is 4.98. The Kier molecular flexibility index (Phi) is 3.45. The normalized spacial score (nSPS) is 29.5. The Morgan fingerprint density at radius 2 is 2.35 bits per heavy atom. The molecule has 1 N–H and O–H groups in total. The van der Waals surface area contributed by atoms with Gasteiger partial charge in [-0.05, 0) is 32.7 Å². The molecular formula is C13H21N3S. The van der Waals surface area contributed by atoms with Gasteiger partial charge in [0.2, 0.25) is 0 Å². The minimum absolute atomic E-state index is 0.706. The number of aromatic nitrogens is 1. The molecule has 2 fully saturated rings. The number of fused-ring (bicyclic) bond motifs is 1. The van der Waals surface area contributed by atoms with E-state index in [0.29, 0.717) is 6.04 Å². The molecule has 17 heavy (non-hydrogen) atoms. The highest BCUT2D eigenvalue weighted by molar-refractivity contribution is 7.11. The van der Waals surface area contributed by atoms with Gasteiger partial charge in [-0.15, -0.1) is 11.3 Å². The van der Waals surface area contributed by atoms with Gasteiger partial charge in [0.05, 0.1) is 5.01 Å². The maximum Gasteiger partial charge on any atom is 0.0897 e. The summed E-state index contributed by atoms with van der Waals surface area (Å²) in [6.45, 7) is 5.69. The van der Waals surface area contributed by atoms with Crippen molar-refractivity contribution in [3.63, 3.8) is 0 Å².